The highest BCUT2D eigenvalue weighted by Crippen LogP contribution is 2.69. The molecule has 0 spiro atoms. The fraction of sp³-hybridized carbons (Fsp3) is 0.882. The quantitative estimate of drug-likeness (QED) is 0.114. The number of rotatable bonds is 10. The van der Waals surface area contributed by atoms with Crippen LogP contribution in [0.5, 0.6) is 0 Å². The molecule has 0 aromatic rings. The Morgan fingerprint density at radius 3 is 1.92 bits per heavy atom. The van der Waals surface area contributed by atoms with E-state index in [0.717, 1.165) is 0 Å². The summed E-state index contributed by atoms with van der Waals surface area (Å²) in [5.74, 6) is -7.68. The van der Waals surface area contributed by atoms with E-state index in [1.54, 1.807) is 6.92 Å². The molecule has 0 aliphatic heterocycles. The van der Waals surface area contributed by atoms with E-state index in [9.17, 15) is 53.9 Å². The van der Waals surface area contributed by atoms with Crippen molar-refractivity contribution in [1.29, 1.82) is 0 Å². The first-order valence-corrected chi connectivity index (χ1v) is 19.1. The van der Waals surface area contributed by atoms with Gasteiger partial charge in [-0.2, -0.15) is 34.8 Å². The van der Waals surface area contributed by atoms with Crippen molar-refractivity contribution in [2.75, 3.05) is 5.75 Å². The summed E-state index contributed by atoms with van der Waals surface area (Å²) in [6.45, 7) is 9.71. The van der Waals surface area contributed by atoms with E-state index in [1.165, 1.54) is 20.8 Å². The largest absolute Gasteiger partial charge is 0.463 e. The van der Waals surface area contributed by atoms with Crippen molar-refractivity contribution in [3.63, 3.8) is 0 Å². The van der Waals surface area contributed by atoms with Crippen LogP contribution < -0.4 is 0 Å². The molecule has 4 fully saturated rings. The van der Waals surface area contributed by atoms with Crippen LogP contribution in [0.1, 0.15) is 99.3 Å². The molecular formula is C34H48F6O11S. The molecule has 11 atom stereocenters. The van der Waals surface area contributed by atoms with Crippen molar-refractivity contribution in [1.82, 2.24) is 0 Å². The summed E-state index contributed by atoms with van der Waals surface area (Å²) < 4.78 is 136. The first-order chi connectivity index (χ1) is 23.7. The molecule has 4 aliphatic rings. The van der Waals surface area contributed by atoms with Crippen LogP contribution in [0.15, 0.2) is 0 Å². The van der Waals surface area contributed by atoms with Gasteiger partial charge >= 0.3 is 41.8 Å². The van der Waals surface area contributed by atoms with Gasteiger partial charge in [-0.25, -0.2) is 0 Å². The predicted octanol–water partition coefficient (Wildman–Crippen LogP) is 6.37. The van der Waals surface area contributed by atoms with Crippen molar-refractivity contribution >= 4 is 34.0 Å². The first kappa shape index (κ1) is 42.1. The Balaban J connectivity index is 1.63. The van der Waals surface area contributed by atoms with E-state index in [2.05, 4.69) is 11.7 Å². The van der Waals surface area contributed by atoms with Gasteiger partial charge in [-0.15, -0.1) is 0 Å². The maximum Gasteiger partial charge on any atom is 0.438 e. The Hall–Kier alpha value is -2.63. The van der Waals surface area contributed by atoms with E-state index >= 15 is 0 Å². The van der Waals surface area contributed by atoms with E-state index in [4.69, 9.17) is 18.8 Å². The minimum absolute atomic E-state index is 0.0157. The number of halogens is 6. The summed E-state index contributed by atoms with van der Waals surface area (Å²) in [7, 11) is -5.93. The van der Waals surface area contributed by atoms with Gasteiger partial charge in [-0.3, -0.25) is 23.7 Å². The van der Waals surface area contributed by atoms with Crippen molar-refractivity contribution in [3.05, 3.63) is 0 Å². The lowest BCUT2D eigenvalue weighted by Gasteiger charge is -2.64. The molecule has 0 saturated heterocycles. The second-order valence-corrected chi connectivity index (χ2v) is 17.3. The van der Waals surface area contributed by atoms with Gasteiger partial charge < -0.3 is 18.9 Å². The molecule has 0 heterocycles. The second kappa shape index (κ2) is 14.5. The normalized spacial score (nSPS) is 35.6. The van der Waals surface area contributed by atoms with Gasteiger partial charge in [-0.1, -0.05) is 20.8 Å². The van der Waals surface area contributed by atoms with Gasteiger partial charge in [0.1, 0.15) is 24.1 Å². The van der Waals surface area contributed by atoms with Gasteiger partial charge in [0, 0.05) is 38.5 Å². The zero-order chi connectivity index (χ0) is 39.4. The third kappa shape index (κ3) is 8.07. The van der Waals surface area contributed by atoms with Crippen LogP contribution in [-0.4, -0.2) is 78.9 Å². The first-order valence-electron chi connectivity index (χ1n) is 17.5. The Kier molecular flexibility index (Phi) is 11.8. The van der Waals surface area contributed by atoms with E-state index < -0.39 is 81.7 Å². The highest BCUT2D eigenvalue weighted by atomic mass is 32.2. The average Bonchev–Trinajstić information content (AvgIpc) is 3.32. The summed E-state index contributed by atoms with van der Waals surface area (Å²) in [5, 5.41) is 0. The van der Waals surface area contributed by atoms with Gasteiger partial charge in [0.15, 0.2) is 0 Å². The Bertz CT molecular complexity index is 1480. The molecule has 18 heteroatoms. The molecule has 298 valence electrons. The van der Waals surface area contributed by atoms with Crippen LogP contribution >= 0.6 is 0 Å². The fourth-order valence-corrected chi connectivity index (χ4v) is 11.5. The van der Waals surface area contributed by atoms with Crippen LogP contribution in [0.2, 0.25) is 0 Å². The lowest BCUT2D eigenvalue weighted by Crippen LogP contribution is -2.63. The maximum absolute atomic E-state index is 13.8. The molecule has 4 saturated carbocycles. The minimum Gasteiger partial charge on any atom is -0.463 e. The maximum atomic E-state index is 13.8. The molecule has 52 heavy (non-hydrogen) atoms. The third-order valence-corrected chi connectivity index (χ3v) is 13.6. The average molecular weight is 779 g/mol. The number of carbonyl (C=O) groups excluding carboxylic acids is 4. The third-order valence-electron chi connectivity index (χ3n) is 12.8. The van der Waals surface area contributed by atoms with Crippen molar-refractivity contribution in [2.24, 2.45) is 46.3 Å². The molecule has 0 aromatic heterocycles. The summed E-state index contributed by atoms with van der Waals surface area (Å²) in [4.78, 5) is 49.4. The number of ether oxygens (including phenoxy) is 4. The summed E-state index contributed by atoms with van der Waals surface area (Å²) in [6, 6.07) is 0. The van der Waals surface area contributed by atoms with Gasteiger partial charge in [-0.05, 0) is 86.4 Å². The number of fused-ring (bicyclic) bond motifs is 5. The Morgan fingerprint density at radius 1 is 0.827 bits per heavy atom. The summed E-state index contributed by atoms with van der Waals surface area (Å²) in [6.07, 6.45) is -11.7. The molecule has 0 aromatic carbocycles. The van der Waals surface area contributed by atoms with Crippen LogP contribution in [0, 0.1) is 46.3 Å². The van der Waals surface area contributed by atoms with E-state index in [-0.39, 0.29) is 53.5 Å². The highest BCUT2D eigenvalue weighted by molar-refractivity contribution is 7.85. The van der Waals surface area contributed by atoms with Crippen molar-refractivity contribution < 1.29 is 77.4 Å². The SMILES string of the molecule is CC(=O)OC1CCC2(C)C(C1)CC(OC(C)=O)[C@@H]1[C@@H]2CC(OC(C)=O)C2(C)C([C@H](C)CCC(=O)OC(CS(=O)(=O)O)(C(F)(F)F)C(F)(F)F)CC[C@@H]12. The molecule has 0 radical (unpaired) electrons. The number of alkyl halides is 6. The van der Waals surface area contributed by atoms with Crippen LogP contribution in [0.25, 0.3) is 0 Å². The molecular weight excluding hydrogens is 730 g/mol. The van der Waals surface area contributed by atoms with Gasteiger partial charge in [0.2, 0.25) is 0 Å². The van der Waals surface area contributed by atoms with Crippen molar-refractivity contribution in [3.8, 4) is 0 Å². The zero-order valence-electron chi connectivity index (χ0n) is 30.0. The van der Waals surface area contributed by atoms with Crippen LogP contribution in [-0.2, 0) is 48.2 Å². The lowest BCUT2D eigenvalue weighted by molar-refractivity contribution is -0.361. The zero-order valence-corrected chi connectivity index (χ0v) is 30.8. The molecule has 1 N–H and O–H groups in total. The summed E-state index contributed by atoms with van der Waals surface area (Å²) >= 11 is 0. The fourth-order valence-electron chi connectivity index (χ4n) is 10.6. The molecule has 7 unspecified atom stereocenters. The molecule has 11 nitrogen and oxygen atoms in total. The second-order valence-electron chi connectivity index (χ2n) is 15.8. The minimum atomic E-state index is -6.43. The molecule has 0 amide bonds. The van der Waals surface area contributed by atoms with Gasteiger partial charge in [0.25, 0.3) is 10.1 Å². The van der Waals surface area contributed by atoms with Crippen LogP contribution in [0.4, 0.5) is 26.3 Å². The highest BCUT2D eigenvalue weighted by Gasteiger charge is 2.76. The van der Waals surface area contributed by atoms with Gasteiger partial charge in [0.05, 0.1) is 0 Å². The number of hydrogen-bond acceptors (Lipinski definition) is 10. The smallest absolute Gasteiger partial charge is 0.438 e. The van der Waals surface area contributed by atoms with Crippen molar-refractivity contribution in [2.45, 2.75) is 136 Å². The Labute approximate surface area is 298 Å². The van der Waals surface area contributed by atoms with Crippen LogP contribution in [0.3, 0.4) is 0 Å². The molecule has 4 rings (SSSR count). The number of carbonyl (C=O) groups is 4. The number of hydrogen-bond donors (Lipinski definition) is 1. The topological polar surface area (TPSA) is 160 Å². The summed E-state index contributed by atoms with van der Waals surface area (Å²) in [5.41, 5.74) is -6.59. The Morgan fingerprint density at radius 2 is 1.40 bits per heavy atom. The van der Waals surface area contributed by atoms with E-state index in [1.807, 2.05) is 6.92 Å². The molecule has 4 aliphatic carbocycles. The predicted molar refractivity (Wildman–Crippen MR) is 168 cm³/mol. The molecule has 0 bridgehead atoms. The standard InChI is InChI=1S/C34H48F6O11S/c1-17(7-10-28(44)51-32(33(35,36)37,34(38,39)40)16-52(45,46)47)23-8-9-24-29-25(15-27(31(23,24)6)50-20(4)43)30(5)12-11-22(48-18(2)41)13-21(30)14-26(29)49-19(3)42/h17,21-27,29H,7-16H2,1-6H3,(H,45,46,47)/t17-,21?,22?,23?,24+,25+,26?,27?,29+,30?,31?/m1/s1. The van der Waals surface area contributed by atoms with E-state index in [0.29, 0.717) is 44.9 Å². The lowest BCUT2D eigenvalue weighted by atomic mass is 9.43. The number of esters is 4. The monoisotopic (exact) mass is 778 g/mol.